The molecule has 59 heavy (non-hydrogen) atoms. The number of aromatic nitrogens is 8. The number of carbonyl (C=O) groups excluding carboxylic acids is 3. The van der Waals surface area contributed by atoms with E-state index in [1.165, 1.54) is 41.9 Å². The first-order chi connectivity index (χ1) is 28.5. The normalized spacial score (nSPS) is 10.8. The average Bonchev–Trinajstić information content (AvgIpc) is 4.08. The molecule has 0 fully saturated rings. The number of thiazole rings is 2. The lowest BCUT2D eigenvalue weighted by Crippen LogP contribution is -2.17. The third-order valence-electron chi connectivity index (χ3n) is 8.74. The fourth-order valence-electron chi connectivity index (χ4n) is 5.96. The number of aromatic amines is 2. The molecule has 0 bridgehead atoms. The summed E-state index contributed by atoms with van der Waals surface area (Å²) in [5, 5.41) is 33.8. The van der Waals surface area contributed by atoms with Gasteiger partial charge in [0.1, 0.15) is 21.4 Å². The van der Waals surface area contributed by atoms with Crippen molar-refractivity contribution in [3.05, 3.63) is 154 Å². The van der Waals surface area contributed by atoms with Gasteiger partial charge in [-0.3, -0.25) is 19.8 Å². The van der Waals surface area contributed by atoms with Crippen LogP contribution >= 0.6 is 22.7 Å². The first-order valence-electron chi connectivity index (χ1n) is 17.9. The van der Waals surface area contributed by atoms with E-state index < -0.39 is 11.9 Å². The van der Waals surface area contributed by atoms with Crippen LogP contribution in [-0.2, 0) is 17.8 Å². The maximum absolute atomic E-state index is 12.9. The smallest absolute Gasteiger partial charge is 0.337 e. The highest BCUT2D eigenvalue weighted by Crippen LogP contribution is 2.25. The molecule has 8 rings (SSSR count). The minimum absolute atomic E-state index is 0.166. The molecule has 0 unspecified atom stereocenters. The Hall–Kier alpha value is -7.44. The summed E-state index contributed by atoms with van der Waals surface area (Å²) in [5.41, 5.74) is 8.25. The number of hydrogen-bond donors (Lipinski definition) is 5. The fourth-order valence-corrected chi connectivity index (χ4v) is 7.54. The molecule has 2 amide bonds. The van der Waals surface area contributed by atoms with Gasteiger partial charge in [-0.1, -0.05) is 0 Å². The number of anilines is 2. The zero-order valence-corrected chi connectivity index (χ0v) is 33.4. The van der Waals surface area contributed by atoms with Gasteiger partial charge in [0.15, 0.2) is 0 Å². The van der Waals surface area contributed by atoms with E-state index in [0.717, 1.165) is 43.7 Å². The number of carbonyl (C=O) groups is 4. The van der Waals surface area contributed by atoms with Crippen LogP contribution in [-0.4, -0.2) is 75.5 Å². The van der Waals surface area contributed by atoms with Crippen LogP contribution in [0.5, 0.6) is 0 Å². The highest BCUT2D eigenvalue weighted by molar-refractivity contribution is 7.13. The lowest BCUT2D eigenvalue weighted by Gasteiger charge is -2.09. The van der Waals surface area contributed by atoms with Crippen LogP contribution in [0.2, 0.25) is 0 Å². The Balaban J connectivity index is 0.000000179. The van der Waals surface area contributed by atoms with E-state index >= 15 is 0 Å². The first kappa shape index (κ1) is 39.8. The average molecular weight is 829 g/mol. The maximum Gasteiger partial charge on any atom is 0.337 e. The molecule has 0 saturated carbocycles. The third kappa shape index (κ3) is 9.75. The van der Waals surface area contributed by atoms with Crippen LogP contribution < -0.4 is 10.6 Å². The van der Waals surface area contributed by atoms with Crippen molar-refractivity contribution in [2.45, 2.75) is 26.9 Å². The van der Waals surface area contributed by atoms with Gasteiger partial charge in [-0.25, -0.2) is 19.6 Å². The summed E-state index contributed by atoms with van der Waals surface area (Å²) >= 11 is 3.05. The molecule has 18 heteroatoms. The molecule has 298 valence electrons. The van der Waals surface area contributed by atoms with Crippen molar-refractivity contribution in [1.82, 2.24) is 39.5 Å². The SMILES string of the molecule is COC(=O)c1ccc(NC(=O)c2cc(C)cn2Cc2csc(-c3cn[nH]c3)n2)cc1.Cc1cc(C(=O)Nc2ccc(C(=O)O)cc2)n(Cc2csc(-c3cn[nH]c3)n2)c1. The van der Waals surface area contributed by atoms with Crippen molar-refractivity contribution in [2.24, 2.45) is 0 Å². The molecule has 0 aliphatic carbocycles. The third-order valence-corrected chi connectivity index (χ3v) is 10.6. The number of aryl methyl sites for hydroxylation is 2. The minimum Gasteiger partial charge on any atom is -0.478 e. The molecule has 0 saturated heterocycles. The topological polar surface area (TPSA) is 215 Å². The van der Waals surface area contributed by atoms with Crippen LogP contribution in [0, 0.1) is 13.8 Å². The van der Waals surface area contributed by atoms with E-state index in [1.54, 1.807) is 61.2 Å². The van der Waals surface area contributed by atoms with Crippen LogP contribution in [0.4, 0.5) is 11.4 Å². The summed E-state index contributed by atoms with van der Waals surface area (Å²) in [6.45, 7) is 4.80. The quantitative estimate of drug-likeness (QED) is 0.0771. The zero-order chi connectivity index (χ0) is 41.5. The van der Waals surface area contributed by atoms with Gasteiger partial charge in [0.2, 0.25) is 0 Å². The standard InChI is InChI=1S/C21H19N5O3S.C20H17N5O3S/c1-13-7-18(19(27)24-16-5-3-14(4-6-16)21(28)29-2)26(10-13)11-17-12-30-20(25-17)15-8-22-23-9-15;1-12-6-17(18(26)23-15-4-2-13(3-5-15)20(27)28)25(9-12)10-16-11-29-19(24-16)14-7-21-22-8-14/h3-10,12H,11H2,1-2H3,(H,22,23)(H,24,27);2-9,11H,10H2,1H3,(H,21,22)(H,23,26)(H,27,28). The number of methoxy groups -OCH3 is 1. The number of nitrogens with one attached hydrogen (secondary N) is 4. The largest absolute Gasteiger partial charge is 0.478 e. The highest BCUT2D eigenvalue weighted by Gasteiger charge is 2.17. The predicted molar refractivity (Wildman–Crippen MR) is 223 cm³/mol. The fraction of sp³-hybridized carbons (Fsp3) is 0.122. The van der Waals surface area contributed by atoms with Crippen molar-refractivity contribution in [3.63, 3.8) is 0 Å². The monoisotopic (exact) mass is 828 g/mol. The second-order valence-corrected chi connectivity index (χ2v) is 14.9. The zero-order valence-electron chi connectivity index (χ0n) is 31.8. The van der Waals surface area contributed by atoms with Crippen molar-refractivity contribution in [2.75, 3.05) is 17.7 Å². The minimum atomic E-state index is -1.01. The number of benzene rings is 2. The number of nitrogens with zero attached hydrogens (tertiary/aromatic N) is 6. The molecule has 0 aliphatic rings. The van der Waals surface area contributed by atoms with Crippen LogP contribution in [0.25, 0.3) is 21.1 Å². The predicted octanol–water partition coefficient (Wildman–Crippen LogP) is 7.37. The summed E-state index contributed by atoms with van der Waals surface area (Å²) < 4.78 is 8.42. The van der Waals surface area contributed by atoms with Crippen molar-refractivity contribution in [1.29, 1.82) is 0 Å². The van der Waals surface area contributed by atoms with E-state index in [-0.39, 0.29) is 17.4 Å². The Bertz CT molecular complexity index is 2710. The molecule has 0 radical (unpaired) electrons. The number of hydrogen-bond acceptors (Lipinski definition) is 11. The number of carboxylic acid groups (broad SMARTS) is 1. The second-order valence-electron chi connectivity index (χ2n) is 13.2. The summed E-state index contributed by atoms with van der Waals surface area (Å²) in [5.74, 6) is -1.94. The van der Waals surface area contributed by atoms with Gasteiger partial charge in [-0.15, -0.1) is 22.7 Å². The number of ether oxygens (including phenoxy) is 1. The van der Waals surface area contributed by atoms with Crippen LogP contribution in [0.1, 0.15) is 64.2 Å². The summed E-state index contributed by atoms with van der Waals surface area (Å²) in [4.78, 5) is 57.4. The molecule has 16 nitrogen and oxygen atoms in total. The summed E-state index contributed by atoms with van der Waals surface area (Å²) in [6, 6.07) is 16.2. The Morgan fingerprint density at radius 2 is 1.14 bits per heavy atom. The number of amides is 2. The number of esters is 1. The summed E-state index contributed by atoms with van der Waals surface area (Å²) in [7, 11) is 1.33. The molecule has 2 aromatic carbocycles. The van der Waals surface area contributed by atoms with Crippen molar-refractivity contribution >= 4 is 57.8 Å². The molecular weight excluding hydrogens is 793 g/mol. The van der Waals surface area contributed by atoms with Crippen molar-refractivity contribution < 1.29 is 29.0 Å². The lowest BCUT2D eigenvalue weighted by molar-refractivity contribution is 0.0599. The highest BCUT2D eigenvalue weighted by atomic mass is 32.1. The van der Waals surface area contributed by atoms with E-state index in [4.69, 9.17) is 5.11 Å². The van der Waals surface area contributed by atoms with Crippen LogP contribution in [0.3, 0.4) is 0 Å². The Morgan fingerprint density at radius 3 is 1.53 bits per heavy atom. The van der Waals surface area contributed by atoms with Gasteiger partial charge in [0.05, 0.1) is 55.1 Å². The molecule has 8 aromatic rings. The van der Waals surface area contributed by atoms with Gasteiger partial charge >= 0.3 is 11.9 Å². The maximum atomic E-state index is 12.9. The molecular formula is C41H36N10O6S2. The molecule has 6 aromatic heterocycles. The van der Waals surface area contributed by atoms with E-state index in [1.807, 2.05) is 58.3 Å². The Morgan fingerprint density at radius 1 is 0.695 bits per heavy atom. The van der Waals surface area contributed by atoms with Crippen molar-refractivity contribution in [3.8, 4) is 21.1 Å². The molecule has 0 atom stereocenters. The Kier molecular flexibility index (Phi) is 12.0. The molecule has 0 spiro atoms. The molecule has 5 N–H and O–H groups in total. The number of aromatic carboxylic acids is 1. The second kappa shape index (κ2) is 17.8. The van der Waals surface area contributed by atoms with Gasteiger partial charge in [0.25, 0.3) is 11.8 Å². The van der Waals surface area contributed by atoms with Gasteiger partial charge < -0.3 is 29.6 Å². The number of rotatable bonds is 12. The first-order valence-corrected chi connectivity index (χ1v) is 19.6. The number of H-pyrrole nitrogens is 2. The van der Waals surface area contributed by atoms with Gasteiger partial charge in [0, 0.05) is 58.0 Å². The lowest BCUT2D eigenvalue weighted by atomic mass is 10.2. The van der Waals surface area contributed by atoms with E-state index in [2.05, 4.69) is 45.7 Å². The molecule has 0 aliphatic heterocycles. The van der Waals surface area contributed by atoms with E-state index in [9.17, 15) is 19.2 Å². The Labute approximate surface area is 344 Å². The number of carboxylic acids is 1. The summed E-state index contributed by atoms with van der Waals surface area (Å²) in [6.07, 6.45) is 10.9. The molecule has 6 heterocycles. The van der Waals surface area contributed by atoms with Gasteiger partial charge in [-0.2, -0.15) is 10.2 Å². The van der Waals surface area contributed by atoms with E-state index in [0.29, 0.717) is 41.4 Å². The van der Waals surface area contributed by atoms with Gasteiger partial charge in [-0.05, 0) is 85.6 Å². The van der Waals surface area contributed by atoms with Crippen LogP contribution in [0.15, 0.2) is 109 Å².